The van der Waals surface area contributed by atoms with Crippen LogP contribution in [0.5, 0.6) is 5.88 Å². The first-order chi connectivity index (χ1) is 11.6. The third-order valence-corrected chi connectivity index (χ3v) is 4.01. The van der Waals surface area contributed by atoms with E-state index >= 15 is 0 Å². The Hall–Kier alpha value is -2.68. The van der Waals surface area contributed by atoms with Crippen molar-refractivity contribution in [1.82, 2.24) is 15.0 Å². The molecule has 1 fully saturated rings. The van der Waals surface area contributed by atoms with Crippen molar-refractivity contribution in [3.8, 4) is 5.88 Å². The van der Waals surface area contributed by atoms with Crippen LogP contribution in [-0.4, -0.2) is 53.2 Å². The summed E-state index contributed by atoms with van der Waals surface area (Å²) in [6.45, 7) is 2.75. The van der Waals surface area contributed by atoms with Crippen LogP contribution in [0, 0.1) is 10.1 Å². The number of piperazine rings is 1. The maximum absolute atomic E-state index is 10.8. The van der Waals surface area contributed by atoms with E-state index in [1.807, 2.05) is 4.90 Å². The van der Waals surface area contributed by atoms with Crippen molar-refractivity contribution in [3.63, 3.8) is 0 Å². The molecule has 1 saturated heterocycles. The van der Waals surface area contributed by atoms with E-state index in [9.17, 15) is 10.1 Å². The van der Waals surface area contributed by atoms with Crippen LogP contribution in [0.1, 0.15) is 0 Å². The van der Waals surface area contributed by atoms with Crippen molar-refractivity contribution < 1.29 is 9.66 Å². The molecule has 126 valence electrons. The number of anilines is 2. The number of halogens is 1. The Balaban J connectivity index is 1.69. The fraction of sp³-hybridized carbons (Fsp3) is 0.357. The van der Waals surface area contributed by atoms with Crippen molar-refractivity contribution in [2.24, 2.45) is 0 Å². The van der Waals surface area contributed by atoms with Gasteiger partial charge in [0.25, 0.3) is 5.69 Å². The second kappa shape index (κ2) is 6.83. The summed E-state index contributed by atoms with van der Waals surface area (Å²) in [6, 6.07) is 1.32. The van der Waals surface area contributed by atoms with Crippen LogP contribution < -0.4 is 14.5 Å². The molecule has 9 nitrogen and oxygen atoms in total. The van der Waals surface area contributed by atoms with Crippen LogP contribution in [-0.2, 0) is 0 Å². The van der Waals surface area contributed by atoms with Gasteiger partial charge >= 0.3 is 0 Å². The zero-order valence-corrected chi connectivity index (χ0v) is 13.7. The van der Waals surface area contributed by atoms with Crippen molar-refractivity contribution in [2.45, 2.75) is 0 Å². The third-order valence-electron chi connectivity index (χ3n) is 3.73. The lowest BCUT2D eigenvalue weighted by Crippen LogP contribution is -2.47. The summed E-state index contributed by atoms with van der Waals surface area (Å²) in [6.07, 6.45) is 4.47. The highest BCUT2D eigenvalue weighted by molar-refractivity contribution is 6.33. The molecule has 0 aromatic carbocycles. The lowest BCUT2D eigenvalue weighted by molar-refractivity contribution is -0.385. The van der Waals surface area contributed by atoms with E-state index < -0.39 is 4.92 Å². The standard InChI is InChI=1S/C14H15ClN6O3/c1-24-13-9-16-8-12(18-13)19-2-4-20(5-3-19)14-11(15)6-10(7-17-14)21(22)23/h6-9H,2-5H2,1H3. The highest BCUT2D eigenvalue weighted by Crippen LogP contribution is 2.28. The molecule has 0 radical (unpaired) electrons. The Bertz CT molecular complexity index is 751. The normalized spacial score (nSPS) is 14.6. The first kappa shape index (κ1) is 16.2. The van der Waals surface area contributed by atoms with Crippen LogP contribution in [0.25, 0.3) is 0 Å². The molecule has 1 aliphatic heterocycles. The van der Waals surface area contributed by atoms with Gasteiger partial charge in [-0.3, -0.25) is 15.1 Å². The molecule has 0 bridgehead atoms. The minimum atomic E-state index is -0.512. The smallest absolute Gasteiger partial charge is 0.289 e. The molecule has 24 heavy (non-hydrogen) atoms. The summed E-state index contributed by atoms with van der Waals surface area (Å²) in [5, 5.41) is 11.0. The fourth-order valence-electron chi connectivity index (χ4n) is 2.49. The molecule has 10 heteroatoms. The summed E-state index contributed by atoms with van der Waals surface area (Å²) in [5.41, 5.74) is -0.117. The Morgan fingerprint density at radius 2 is 1.92 bits per heavy atom. The summed E-state index contributed by atoms with van der Waals surface area (Å²) in [5.74, 6) is 1.77. The molecule has 0 unspecified atom stereocenters. The van der Waals surface area contributed by atoms with Gasteiger partial charge in [0.05, 0.1) is 29.4 Å². The molecule has 2 aromatic rings. The minimum Gasteiger partial charge on any atom is -0.480 e. The van der Waals surface area contributed by atoms with Gasteiger partial charge in [0.1, 0.15) is 12.0 Å². The van der Waals surface area contributed by atoms with Gasteiger partial charge in [-0.05, 0) is 0 Å². The first-order valence-corrected chi connectivity index (χ1v) is 7.62. The van der Waals surface area contributed by atoms with Crippen LogP contribution in [0.2, 0.25) is 5.02 Å². The van der Waals surface area contributed by atoms with E-state index in [2.05, 4.69) is 19.9 Å². The van der Waals surface area contributed by atoms with Gasteiger partial charge in [-0.25, -0.2) is 4.98 Å². The number of ether oxygens (including phenoxy) is 1. The van der Waals surface area contributed by atoms with E-state index in [1.165, 1.54) is 12.3 Å². The van der Waals surface area contributed by atoms with E-state index in [-0.39, 0.29) is 10.7 Å². The zero-order valence-electron chi connectivity index (χ0n) is 12.9. The van der Waals surface area contributed by atoms with Gasteiger partial charge in [-0.1, -0.05) is 11.6 Å². The van der Waals surface area contributed by atoms with Crippen LogP contribution >= 0.6 is 11.6 Å². The maximum atomic E-state index is 10.8. The van der Waals surface area contributed by atoms with E-state index in [1.54, 1.807) is 19.5 Å². The molecule has 0 saturated carbocycles. The molecule has 0 N–H and O–H groups in total. The van der Waals surface area contributed by atoms with Crippen molar-refractivity contribution >= 4 is 28.9 Å². The van der Waals surface area contributed by atoms with Crippen LogP contribution in [0.3, 0.4) is 0 Å². The number of pyridine rings is 1. The molecule has 3 rings (SSSR count). The molecule has 1 aliphatic rings. The average Bonchev–Trinajstić information content (AvgIpc) is 2.62. The number of methoxy groups -OCH3 is 1. The monoisotopic (exact) mass is 350 g/mol. The number of aromatic nitrogens is 3. The Labute approximate surface area is 143 Å². The van der Waals surface area contributed by atoms with Crippen molar-refractivity contribution in [2.75, 3.05) is 43.1 Å². The fourth-order valence-corrected chi connectivity index (χ4v) is 2.77. The SMILES string of the molecule is COc1cncc(N2CCN(c3ncc([N+](=O)[O-])cc3Cl)CC2)n1. The number of nitro groups is 1. The van der Waals surface area contributed by atoms with Crippen molar-refractivity contribution in [1.29, 1.82) is 0 Å². The predicted octanol–water partition coefficient (Wildman–Crippen LogP) is 1.77. The summed E-state index contributed by atoms with van der Waals surface area (Å²) in [4.78, 5) is 26.9. The summed E-state index contributed by atoms with van der Waals surface area (Å²) in [7, 11) is 1.55. The maximum Gasteiger partial charge on any atom is 0.289 e. The molecule has 2 aromatic heterocycles. The number of hydrogen-bond acceptors (Lipinski definition) is 8. The average molecular weight is 351 g/mol. The quantitative estimate of drug-likeness (QED) is 0.607. The second-order valence-corrected chi connectivity index (χ2v) is 5.56. The summed E-state index contributed by atoms with van der Waals surface area (Å²) >= 11 is 6.14. The molecule has 0 atom stereocenters. The Morgan fingerprint density at radius 3 is 2.54 bits per heavy atom. The number of nitrogens with zero attached hydrogens (tertiary/aromatic N) is 6. The molecular formula is C14H15ClN6O3. The zero-order chi connectivity index (χ0) is 17.1. The van der Waals surface area contributed by atoms with Gasteiger partial charge in [-0.15, -0.1) is 0 Å². The highest BCUT2D eigenvalue weighted by atomic mass is 35.5. The lowest BCUT2D eigenvalue weighted by Gasteiger charge is -2.36. The lowest BCUT2D eigenvalue weighted by atomic mass is 10.3. The predicted molar refractivity (Wildman–Crippen MR) is 88.9 cm³/mol. The minimum absolute atomic E-state index is 0.117. The first-order valence-electron chi connectivity index (χ1n) is 7.24. The van der Waals surface area contributed by atoms with Crippen LogP contribution in [0.15, 0.2) is 24.7 Å². The van der Waals surface area contributed by atoms with Crippen LogP contribution in [0.4, 0.5) is 17.3 Å². The number of hydrogen-bond donors (Lipinski definition) is 0. The van der Waals surface area contributed by atoms with Gasteiger partial charge < -0.3 is 14.5 Å². The van der Waals surface area contributed by atoms with Gasteiger partial charge in [0.15, 0.2) is 5.82 Å². The molecule has 0 amide bonds. The van der Waals surface area contributed by atoms with E-state index in [0.29, 0.717) is 37.9 Å². The highest BCUT2D eigenvalue weighted by Gasteiger charge is 2.22. The Kier molecular flexibility index (Phi) is 4.61. The summed E-state index contributed by atoms with van der Waals surface area (Å²) < 4.78 is 5.09. The molecule has 3 heterocycles. The second-order valence-electron chi connectivity index (χ2n) is 5.15. The third kappa shape index (κ3) is 3.30. The van der Waals surface area contributed by atoms with Gasteiger partial charge in [0, 0.05) is 32.2 Å². The molecule has 0 aliphatic carbocycles. The Morgan fingerprint density at radius 1 is 1.21 bits per heavy atom. The molecular weight excluding hydrogens is 336 g/mol. The van der Waals surface area contributed by atoms with E-state index in [0.717, 1.165) is 5.82 Å². The number of rotatable bonds is 4. The molecule has 0 spiro atoms. The van der Waals surface area contributed by atoms with Gasteiger partial charge in [-0.2, -0.15) is 4.98 Å². The van der Waals surface area contributed by atoms with Gasteiger partial charge in [0.2, 0.25) is 5.88 Å². The topological polar surface area (TPSA) is 97.5 Å². The largest absolute Gasteiger partial charge is 0.480 e. The van der Waals surface area contributed by atoms with E-state index in [4.69, 9.17) is 16.3 Å². The van der Waals surface area contributed by atoms with Crippen molar-refractivity contribution in [3.05, 3.63) is 39.8 Å².